The van der Waals surface area contributed by atoms with Gasteiger partial charge < -0.3 is 0 Å². The highest BCUT2D eigenvalue weighted by atomic mass is 16.1. The first kappa shape index (κ1) is 39.0. The Kier molecular flexibility index (Phi) is 10.9. The Balaban J connectivity index is 1.20. The summed E-state index contributed by atoms with van der Waals surface area (Å²) in [6.45, 7) is 0. The van der Waals surface area contributed by atoms with E-state index in [0.29, 0.717) is 45.0 Å². The van der Waals surface area contributed by atoms with Crippen molar-refractivity contribution < 1.29 is 19.2 Å². The van der Waals surface area contributed by atoms with E-state index < -0.39 is 0 Å². The summed E-state index contributed by atoms with van der Waals surface area (Å²) in [5.74, 6) is 0. The number of carbonyl (C=O) groups excluding carboxylic acids is 4. The van der Waals surface area contributed by atoms with Gasteiger partial charge in [-0.05, 0) is 44.5 Å². The second kappa shape index (κ2) is 17.4. The number of hydrogen-bond acceptors (Lipinski definition) is 6. The molecule has 1 heterocycles. The van der Waals surface area contributed by atoms with Crippen LogP contribution in [0.2, 0.25) is 0 Å². The average molecular weight is 801 g/mol. The quantitative estimate of drug-likeness (QED) is 0.114. The second-order valence-electron chi connectivity index (χ2n) is 14.9. The monoisotopic (exact) mass is 800 g/mol. The largest absolute Gasteiger partial charge is 0.298 e. The molecular formula is C56H36N2O4. The molecule has 0 saturated carbocycles. The fourth-order valence-electron chi connectivity index (χ4n) is 7.54. The Morgan fingerprint density at radius 1 is 0.194 bits per heavy atom. The lowest BCUT2D eigenvalue weighted by atomic mass is 9.95. The summed E-state index contributed by atoms with van der Waals surface area (Å²) in [6.07, 6.45) is 3.36. The van der Waals surface area contributed by atoms with Crippen LogP contribution in [0.3, 0.4) is 0 Å². The van der Waals surface area contributed by atoms with E-state index in [2.05, 4.69) is 97.1 Å². The molecule has 9 rings (SSSR count). The van der Waals surface area contributed by atoms with Crippen LogP contribution in [0.25, 0.3) is 89.5 Å². The number of hydrogen-bond donors (Lipinski definition) is 0. The summed E-state index contributed by atoms with van der Waals surface area (Å²) in [4.78, 5) is 56.3. The van der Waals surface area contributed by atoms with Crippen molar-refractivity contribution >= 4 is 25.1 Å². The molecule has 0 N–H and O–H groups in total. The molecule has 0 aliphatic carbocycles. The molecule has 0 aliphatic rings. The zero-order chi connectivity index (χ0) is 42.4. The van der Waals surface area contributed by atoms with Gasteiger partial charge in [0, 0.05) is 44.5 Å². The molecule has 6 nitrogen and oxygen atoms in total. The number of nitrogens with zero attached hydrogens (tertiary/aromatic N) is 2. The smallest absolute Gasteiger partial charge is 0.150 e. The van der Waals surface area contributed by atoms with E-state index in [9.17, 15) is 19.2 Å². The summed E-state index contributed by atoms with van der Waals surface area (Å²) in [5.41, 5.74) is 16.8. The van der Waals surface area contributed by atoms with Crippen molar-refractivity contribution in [1.82, 2.24) is 9.97 Å². The molecule has 0 spiro atoms. The second-order valence-corrected chi connectivity index (χ2v) is 14.9. The topological polar surface area (TPSA) is 94.1 Å². The van der Waals surface area contributed by atoms with Gasteiger partial charge in [-0.3, -0.25) is 19.2 Å². The van der Waals surface area contributed by atoms with Crippen molar-refractivity contribution in [3.05, 3.63) is 216 Å². The summed E-state index contributed by atoms with van der Waals surface area (Å²) in [7, 11) is 0. The van der Waals surface area contributed by atoms with Crippen LogP contribution in [0.15, 0.2) is 194 Å². The summed E-state index contributed by atoms with van der Waals surface area (Å²) >= 11 is 0. The molecule has 6 heteroatoms. The molecular weight excluding hydrogens is 765 g/mol. The molecule has 8 aromatic carbocycles. The fraction of sp³-hybridized carbons (Fsp3) is 0. The Hall–Kier alpha value is -8.48. The zero-order valence-electron chi connectivity index (χ0n) is 33.3. The van der Waals surface area contributed by atoms with Gasteiger partial charge in [0.1, 0.15) is 25.1 Å². The van der Waals surface area contributed by atoms with Gasteiger partial charge in [-0.25, -0.2) is 9.97 Å². The maximum absolute atomic E-state index is 11.3. The molecule has 1 aromatic heterocycles. The lowest BCUT2D eigenvalue weighted by Gasteiger charge is -2.17. The predicted octanol–water partition coefficient (Wildman–Crippen LogP) is 13.1. The molecule has 62 heavy (non-hydrogen) atoms. The van der Waals surface area contributed by atoms with Crippen molar-refractivity contribution in [1.29, 1.82) is 0 Å². The van der Waals surface area contributed by atoms with Gasteiger partial charge in [-0.1, -0.05) is 194 Å². The fourth-order valence-corrected chi connectivity index (χ4v) is 7.54. The standard InChI is InChI=1S/C56H36N2O4/c59-33-37-1-9-41(10-2-37)45-17-25-49(26-18-45)53-54(50-27-19-46(20-28-50)42-11-3-38(34-60)4-12-42)58-56(52-31-23-48(24-32-52)44-15-7-40(36-62)8-16-44)55(57-53)51-29-21-47(22-30-51)43-13-5-39(35-61)6-14-43/h1-36H. The molecule has 294 valence electrons. The number of benzene rings is 8. The molecule has 0 amide bonds. The Morgan fingerprint density at radius 2 is 0.323 bits per heavy atom. The van der Waals surface area contributed by atoms with Gasteiger partial charge in [0.25, 0.3) is 0 Å². The van der Waals surface area contributed by atoms with E-state index in [1.54, 1.807) is 0 Å². The molecule has 9 aromatic rings. The number of carbonyl (C=O) groups is 4. The van der Waals surface area contributed by atoms with E-state index in [-0.39, 0.29) is 0 Å². The molecule has 0 fully saturated rings. The number of rotatable bonds is 12. The van der Waals surface area contributed by atoms with Crippen LogP contribution in [0.5, 0.6) is 0 Å². The average Bonchev–Trinajstić information content (AvgIpc) is 3.36. The maximum atomic E-state index is 11.3. The van der Waals surface area contributed by atoms with E-state index in [1.165, 1.54) is 0 Å². The van der Waals surface area contributed by atoms with Crippen LogP contribution in [-0.2, 0) is 0 Å². The minimum atomic E-state index is 0.619. The van der Waals surface area contributed by atoms with E-state index in [4.69, 9.17) is 9.97 Å². The van der Waals surface area contributed by atoms with Gasteiger partial charge in [-0.15, -0.1) is 0 Å². The van der Waals surface area contributed by atoms with E-state index in [0.717, 1.165) is 91.9 Å². The van der Waals surface area contributed by atoms with Crippen LogP contribution in [0.1, 0.15) is 41.4 Å². The molecule has 0 atom stereocenters. The van der Waals surface area contributed by atoms with Crippen LogP contribution < -0.4 is 0 Å². The lowest BCUT2D eigenvalue weighted by Crippen LogP contribution is -2.01. The minimum absolute atomic E-state index is 0.619. The van der Waals surface area contributed by atoms with Gasteiger partial charge >= 0.3 is 0 Å². The highest BCUT2D eigenvalue weighted by molar-refractivity contribution is 5.89. The summed E-state index contributed by atoms with van der Waals surface area (Å²) in [5, 5.41) is 0. The summed E-state index contributed by atoms with van der Waals surface area (Å²) < 4.78 is 0. The Bertz CT molecular complexity index is 2630. The highest BCUT2D eigenvalue weighted by Gasteiger charge is 2.20. The normalized spacial score (nSPS) is 10.8. The van der Waals surface area contributed by atoms with Crippen LogP contribution in [0, 0.1) is 0 Å². The predicted molar refractivity (Wildman–Crippen MR) is 247 cm³/mol. The van der Waals surface area contributed by atoms with Crippen molar-refractivity contribution in [2.24, 2.45) is 0 Å². The highest BCUT2D eigenvalue weighted by Crippen LogP contribution is 2.39. The molecule has 0 unspecified atom stereocenters. The Labute approximate surface area is 358 Å². The molecule has 0 radical (unpaired) electrons. The van der Waals surface area contributed by atoms with Gasteiger partial charge in [0.05, 0.1) is 22.8 Å². The third-order valence-corrected chi connectivity index (χ3v) is 11.0. The first-order valence-electron chi connectivity index (χ1n) is 20.1. The van der Waals surface area contributed by atoms with E-state index >= 15 is 0 Å². The number of aldehydes is 4. The van der Waals surface area contributed by atoms with Crippen molar-refractivity contribution in [2.75, 3.05) is 0 Å². The number of aromatic nitrogens is 2. The van der Waals surface area contributed by atoms with Crippen LogP contribution >= 0.6 is 0 Å². The third kappa shape index (κ3) is 8.09. The Morgan fingerprint density at radius 3 is 0.468 bits per heavy atom. The molecule has 0 bridgehead atoms. The summed E-state index contributed by atoms with van der Waals surface area (Å²) in [6, 6.07) is 62.9. The van der Waals surface area contributed by atoms with Crippen molar-refractivity contribution in [3.63, 3.8) is 0 Å². The first-order chi connectivity index (χ1) is 30.5. The van der Waals surface area contributed by atoms with Crippen molar-refractivity contribution in [3.8, 4) is 89.5 Å². The van der Waals surface area contributed by atoms with Crippen LogP contribution in [0.4, 0.5) is 0 Å². The van der Waals surface area contributed by atoms with Gasteiger partial charge in [0.2, 0.25) is 0 Å². The SMILES string of the molecule is O=Cc1ccc(-c2ccc(-c3nc(-c4ccc(-c5ccc(C=O)cc5)cc4)c(-c4ccc(-c5ccc(C=O)cc5)cc4)nc3-c3ccc(-c4ccc(C=O)cc4)cc3)cc2)cc1. The minimum Gasteiger partial charge on any atom is -0.298 e. The molecule has 0 saturated heterocycles. The lowest BCUT2D eigenvalue weighted by molar-refractivity contribution is 0.111. The van der Waals surface area contributed by atoms with Gasteiger partial charge in [-0.2, -0.15) is 0 Å². The van der Waals surface area contributed by atoms with Gasteiger partial charge in [0.15, 0.2) is 0 Å². The van der Waals surface area contributed by atoms with Crippen molar-refractivity contribution in [2.45, 2.75) is 0 Å². The van der Waals surface area contributed by atoms with Crippen LogP contribution in [-0.4, -0.2) is 35.1 Å². The third-order valence-electron chi connectivity index (χ3n) is 11.0. The first-order valence-corrected chi connectivity index (χ1v) is 20.1. The molecule has 0 aliphatic heterocycles. The maximum Gasteiger partial charge on any atom is 0.150 e. The van der Waals surface area contributed by atoms with E-state index in [1.807, 2.05) is 97.1 Å². The zero-order valence-corrected chi connectivity index (χ0v) is 33.3.